The Bertz CT molecular complexity index is 1700. The predicted molar refractivity (Wildman–Crippen MR) is 158 cm³/mol. The van der Waals surface area contributed by atoms with Crippen LogP contribution in [0.3, 0.4) is 0 Å². The number of rotatable bonds is 7. The summed E-state index contributed by atoms with van der Waals surface area (Å²) in [6, 6.07) is 16.5. The summed E-state index contributed by atoms with van der Waals surface area (Å²) in [7, 11) is 0. The fourth-order valence-electron chi connectivity index (χ4n) is 4.87. The van der Waals surface area contributed by atoms with Gasteiger partial charge in [0.2, 0.25) is 0 Å². The first-order valence-corrected chi connectivity index (χ1v) is 14.5. The van der Waals surface area contributed by atoms with E-state index in [2.05, 4.69) is 18.8 Å². The standard InChI is InChI=1S/C31H27ClN2O6S/c1-17(2)10-11-38-21-5-3-4-18(14-21)27-26(28(35)19-6-9-23-24(15-19)40-13-12-39-23)29(36)30(37)34(27)31-33-22-8-7-20(32)16-25(22)41-31/h3-9,14-17,27,35H,10-13H2,1-2H3. The molecule has 41 heavy (non-hydrogen) atoms. The number of hydrogen-bond acceptors (Lipinski definition) is 8. The zero-order valence-corrected chi connectivity index (χ0v) is 24.0. The van der Waals surface area contributed by atoms with Gasteiger partial charge in [0, 0.05) is 10.6 Å². The third-order valence-electron chi connectivity index (χ3n) is 6.94. The maximum absolute atomic E-state index is 13.6. The maximum Gasteiger partial charge on any atom is 0.301 e. The van der Waals surface area contributed by atoms with Crippen LogP contribution in [0.1, 0.15) is 37.4 Å². The molecule has 0 radical (unpaired) electrons. The highest BCUT2D eigenvalue weighted by Crippen LogP contribution is 2.45. The molecule has 3 heterocycles. The molecule has 0 saturated carbocycles. The van der Waals surface area contributed by atoms with Gasteiger partial charge in [-0.1, -0.05) is 48.9 Å². The Labute approximate surface area is 245 Å². The number of hydrogen-bond donors (Lipinski definition) is 1. The first-order chi connectivity index (χ1) is 19.8. The first kappa shape index (κ1) is 27.1. The molecule has 4 aromatic rings. The lowest BCUT2D eigenvalue weighted by molar-refractivity contribution is -0.132. The molecule has 1 amide bonds. The minimum atomic E-state index is -0.951. The van der Waals surface area contributed by atoms with Crippen molar-refractivity contribution in [1.29, 1.82) is 0 Å². The average molecular weight is 591 g/mol. The summed E-state index contributed by atoms with van der Waals surface area (Å²) >= 11 is 7.44. The molecule has 210 valence electrons. The number of fused-ring (bicyclic) bond motifs is 2. The van der Waals surface area contributed by atoms with Gasteiger partial charge < -0.3 is 19.3 Å². The van der Waals surface area contributed by atoms with Crippen LogP contribution in [-0.4, -0.2) is 41.6 Å². The van der Waals surface area contributed by atoms with Crippen LogP contribution in [0.15, 0.2) is 66.2 Å². The van der Waals surface area contributed by atoms with Crippen LogP contribution in [-0.2, 0) is 9.59 Å². The van der Waals surface area contributed by atoms with Gasteiger partial charge in [-0.2, -0.15) is 0 Å². The van der Waals surface area contributed by atoms with E-state index in [9.17, 15) is 14.7 Å². The number of carbonyl (C=O) groups excluding carboxylic acids is 2. The smallest absolute Gasteiger partial charge is 0.301 e. The maximum atomic E-state index is 13.6. The van der Waals surface area contributed by atoms with Crippen molar-refractivity contribution in [1.82, 2.24) is 4.98 Å². The van der Waals surface area contributed by atoms with Crippen molar-refractivity contribution >= 4 is 55.7 Å². The van der Waals surface area contributed by atoms with Gasteiger partial charge in [0.1, 0.15) is 24.7 Å². The molecular formula is C31H27ClN2O6S. The van der Waals surface area contributed by atoms with Gasteiger partial charge in [-0.05, 0) is 66.4 Å². The fraction of sp³-hybridized carbons (Fsp3) is 0.258. The van der Waals surface area contributed by atoms with Gasteiger partial charge in [-0.3, -0.25) is 14.5 Å². The second-order valence-corrected chi connectivity index (χ2v) is 11.7. The molecule has 10 heteroatoms. The average Bonchev–Trinajstić information content (AvgIpc) is 3.49. The number of aromatic nitrogens is 1. The quantitative estimate of drug-likeness (QED) is 0.144. The number of aliphatic hydroxyl groups excluding tert-OH is 1. The largest absolute Gasteiger partial charge is 0.507 e. The SMILES string of the molecule is CC(C)CCOc1cccc(C2C(=C(O)c3ccc4c(c3)OCCO4)C(=O)C(=O)N2c2nc3ccc(Cl)cc3s2)c1. The van der Waals surface area contributed by atoms with Crippen molar-refractivity contribution in [3.63, 3.8) is 0 Å². The van der Waals surface area contributed by atoms with Crippen LogP contribution in [0, 0.1) is 5.92 Å². The van der Waals surface area contributed by atoms with Crippen LogP contribution < -0.4 is 19.1 Å². The molecule has 2 aliphatic heterocycles. The monoisotopic (exact) mass is 590 g/mol. The molecule has 2 aliphatic rings. The lowest BCUT2D eigenvalue weighted by Crippen LogP contribution is -2.29. The van der Waals surface area contributed by atoms with Crippen molar-refractivity contribution < 1.29 is 28.9 Å². The summed E-state index contributed by atoms with van der Waals surface area (Å²) in [4.78, 5) is 33.3. The zero-order chi connectivity index (χ0) is 28.7. The Kier molecular flexibility index (Phi) is 7.32. The molecule has 6 rings (SSSR count). The lowest BCUT2D eigenvalue weighted by atomic mass is 9.95. The number of ketones is 1. The highest BCUT2D eigenvalue weighted by molar-refractivity contribution is 7.22. The molecule has 1 fully saturated rings. The fourth-order valence-corrected chi connectivity index (χ4v) is 6.14. The number of benzene rings is 3. The van der Waals surface area contributed by atoms with E-state index in [4.69, 9.17) is 25.8 Å². The predicted octanol–water partition coefficient (Wildman–Crippen LogP) is 6.77. The van der Waals surface area contributed by atoms with E-state index < -0.39 is 17.7 Å². The number of nitrogens with zero attached hydrogens (tertiary/aromatic N) is 2. The van der Waals surface area contributed by atoms with Crippen LogP contribution >= 0.6 is 22.9 Å². The third kappa shape index (κ3) is 5.23. The van der Waals surface area contributed by atoms with E-state index in [1.807, 2.05) is 12.1 Å². The van der Waals surface area contributed by atoms with E-state index in [1.165, 1.54) is 16.2 Å². The Balaban J connectivity index is 1.48. The van der Waals surface area contributed by atoms with Crippen molar-refractivity contribution in [3.8, 4) is 17.2 Å². The highest BCUT2D eigenvalue weighted by Gasteiger charge is 2.48. The first-order valence-electron chi connectivity index (χ1n) is 13.3. The lowest BCUT2D eigenvalue weighted by Gasteiger charge is -2.24. The summed E-state index contributed by atoms with van der Waals surface area (Å²) in [5.41, 5.74) is 1.52. The van der Waals surface area contributed by atoms with E-state index in [0.717, 1.165) is 11.1 Å². The van der Waals surface area contributed by atoms with Crippen molar-refractivity contribution in [2.75, 3.05) is 24.7 Å². The minimum absolute atomic E-state index is 0.0525. The Morgan fingerprint density at radius 1 is 1.10 bits per heavy atom. The van der Waals surface area contributed by atoms with Gasteiger partial charge in [0.25, 0.3) is 5.78 Å². The van der Waals surface area contributed by atoms with Crippen LogP contribution in [0.4, 0.5) is 5.13 Å². The van der Waals surface area contributed by atoms with Gasteiger partial charge in [0.15, 0.2) is 16.6 Å². The molecule has 1 unspecified atom stereocenters. The Hall–Kier alpha value is -4.08. The number of Topliss-reactive ketones (excluding diaryl/α,β-unsaturated/α-hetero) is 1. The van der Waals surface area contributed by atoms with Crippen LogP contribution in [0.5, 0.6) is 17.2 Å². The van der Waals surface area contributed by atoms with E-state index in [-0.39, 0.29) is 11.3 Å². The molecule has 1 aromatic heterocycles. The van der Waals surface area contributed by atoms with Gasteiger partial charge >= 0.3 is 5.91 Å². The van der Waals surface area contributed by atoms with Gasteiger partial charge in [-0.15, -0.1) is 0 Å². The van der Waals surface area contributed by atoms with Gasteiger partial charge in [0.05, 0.1) is 28.4 Å². The summed E-state index contributed by atoms with van der Waals surface area (Å²) in [5, 5.41) is 12.4. The van der Waals surface area contributed by atoms with Crippen LogP contribution in [0.25, 0.3) is 16.0 Å². The number of ether oxygens (including phenoxy) is 3. The molecular weight excluding hydrogens is 564 g/mol. The molecule has 3 aromatic carbocycles. The molecule has 0 spiro atoms. The molecule has 1 N–H and O–H groups in total. The number of aliphatic hydroxyl groups is 1. The summed E-state index contributed by atoms with van der Waals surface area (Å²) < 4.78 is 18.0. The highest BCUT2D eigenvalue weighted by atomic mass is 35.5. The minimum Gasteiger partial charge on any atom is -0.507 e. The second kappa shape index (κ2) is 11.1. The summed E-state index contributed by atoms with van der Waals surface area (Å²) in [6.45, 7) is 5.56. The Morgan fingerprint density at radius 3 is 2.71 bits per heavy atom. The molecule has 0 aliphatic carbocycles. The normalized spacial score (nSPS) is 18.0. The molecule has 0 bridgehead atoms. The second-order valence-electron chi connectivity index (χ2n) is 10.2. The molecule has 8 nitrogen and oxygen atoms in total. The number of anilines is 1. The zero-order valence-electron chi connectivity index (χ0n) is 22.4. The number of carbonyl (C=O) groups is 2. The van der Waals surface area contributed by atoms with E-state index in [1.54, 1.807) is 48.5 Å². The molecule has 1 atom stereocenters. The molecule has 1 saturated heterocycles. The van der Waals surface area contributed by atoms with Crippen LogP contribution in [0.2, 0.25) is 5.02 Å². The third-order valence-corrected chi connectivity index (χ3v) is 8.20. The van der Waals surface area contributed by atoms with Crippen molar-refractivity contribution in [2.45, 2.75) is 26.3 Å². The van der Waals surface area contributed by atoms with E-state index in [0.29, 0.717) is 69.8 Å². The topological polar surface area (TPSA) is 98.2 Å². The number of amides is 1. The number of thiazole rings is 1. The number of halogens is 1. The van der Waals surface area contributed by atoms with Gasteiger partial charge in [-0.25, -0.2) is 4.98 Å². The van der Waals surface area contributed by atoms with Crippen molar-refractivity contribution in [2.24, 2.45) is 5.92 Å². The Morgan fingerprint density at radius 2 is 1.90 bits per heavy atom. The van der Waals surface area contributed by atoms with E-state index >= 15 is 0 Å². The van der Waals surface area contributed by atoms with Crippen molar-refractivity contribution in [3.05, 3.63) is 82.4 Å². The summed E-state index contributed by atoms with van der Waals surface area (Å²) in [6.07, 6.45) is 0.876. The summed E-state index contributed by atoms with van der Waals surface area (Å²) in [5.74, 6) is 0.158.